The maximum absolute atomic E-state index is 12.4. The first kappa shape index (κ1) is 25.7. The number of unbranched alkanes of at least 4 members (excludes halogenated alkanes) is 1. The highest BCUT2D eigenvalue weighted by molar-refractivity contribution is 5.94. The largest absolute Gasteiger partial charge is 0.480 e. The topological polar surface area (TPSA) is 237 Å². The minimum atomic E-state index is -1.61. The molecule has 0 saturated carbocycles. The molecule has 0 bridgehead atoms. The number of amides is 3. The first-order chi connectivity index (χ1) is 13.2. The molecule has 0 rings (SSSR count). The van der Waals surface area contributed by atoms with Gasteiger partial charge in [0.25, 0.3) is 0 Å². The predicted molar refractivity (Wildman–Crippen MR) is 95.6 cm³/mol. The number of aliphatic carboxylic acids is 1. The van der Waals surface area contributed by atoms with E-state index in [4.69, 9.17) is 26.8 Å². The first-order valence-electron chi connectivity index (χ1n) is 8.63. The number of carbonyl (C=O) groups excluding carboxylic acids is 3. The number of hydrogen-bond acceptors (Lipinski definition) is 9. The summed E-state index contributed by atoms with van der Waals surface area (Å²) in [6, 6.07) is -5.49. The summed E-state index contributed by atoms with van der Waals surface area (Å²) in [6.45, 7) is -2.01. The van der Waals surface area contributed by atoms with Crippen LogP contribution in [0.1, 0.15) is 19.3 Å². The maximum Gasteiger partial charge on any atom is 0.328 e. The fraction of sp³-hybridized carbons (Fsp3) is 0.733. The van der Waals surface area contributed by atoms with Crippen LogP contribution in [0.3, 0.4) is 0 Å². The minimum Gasteiger partial charge on any atom is -0.480 e. The van der Waals surface area contributed by atoms with Gasteiger partial charge in [0, 0.05) is 0 Å². The number of carboxylic acid groups (broad SMARTS) is 1. The van der Waals surface area contributed by atoms with Crippen LogP contribution in [0.2, 0.25) is 0 Å². The van der Waals surface area contributed by atoms with Gasteiger partial charge < -0.3 is 47.8 Å². The highest BCUT2D eigenvalue weighted by atomic mass is 16.4. The molecule has 0 aliphatic carbocycles. The van der Waals surface area contributed by atoms with Crippen molar-refractivity contribution in [2.24, 2.45) is 11.5 Å². The van der Waals surface area contributed by atoms with Crippen molar-refractivity contribution in [3.05, 3.63) is 0 Å². The van der Waals surface area contributed by atoms with Crippen LogP contribution in [0.15, 0.2) is 0 Å². The van der Waals surface area contributed by atoms with Gasteiger partial charge in [-0.05, 0) is 25.8 Å². The summed E-state index contributed by atoms with van der Waals surface area (Å²) in [5.41, 5.74) is 10.8. The standard InChI is InChI=1S/C15H29N5O8/c16-4-2-1-3-9(18-12(24)8(17)5-21)13(25)19-10(6-22)14(26)20-11(7-23)15(27)28/h8-11,21-23H,1-7,16-17H2,(H,18,24)(H,19,25)(H,20,26)(H,27,28)/t8-,9-,10-,11-/m0/s1. The smallest absolute Gasteiger partial charge is 0.328 e. The molecule has 13 heteroatoms. The molecular weight excluding hydrogens is 378 g/mol. The van der Waals surface area contributed by atoms with Crippen LogP contribution in [0.25, 0.3) is 0 Å². The lowest BCUT2D eigenvalue weighted by Crippen LogP contribution is -2.58. The number of hydrogen-bond donors (Lipinski definition) is 9. The Kier molecular flexibility index (Phi) is 12.6. The second-order valence-electron chi connectivity index (χ2n) is 5.96. The Labute approximate surface area is 161 Å². The summed E-state index contributed by atoms with van der Waals surface area (Å²) < 4.78 is 0. The van der Waals surface area contributed by atoms with E-state index >= 15 is 0 Å². The van der Waals surface area contributed by atoms with Crippen molar-refractivity contribution in [3.63, 3.8) is 0 Å². The molecule has 162 valence electrons. The Morgan fingerprint density at radius 3 is 1.71 bits per heavy atom. The van der Waals surface area contributed by atoms with Crippen LogP contribution in [0.5, 0.6) is 0 Å². The number of aliphatic hydroxyl groups is 3. The average molecular weight is 407 g/mol. The number of rotatable bonds is 14. The molecular formula is C15H29N5O8. The fourth-order valence-electron chi connectivity index (χ4n) is 2.05. The number of nitrogens with one attached hydrogen (secondary N) is 3. The zero-order valence-corrected chi connectivity index (χ0v) is 15.3. The van der Waals surface area contributed by atoms with E-state index < -0.39 is 67.7 Å². The third kappa shape index (κ3) is 9.05. The number of carboxylic acids is 1. The molecule has 11 N–H and O–H groups in total. The SMILES string of the molecule is NCCCC[C@H](NC(=O)[C@@H](N)CO)C(=O)N[C@@H](CO)C(=O)N[C@@H](CO)C(=O)O. The summed E-state index contributed by atoms with van der Waals surface area (Å²) in [6.07, 6.45) is 1.18. The molecule has 3 amide bonds. The normalized spacial score (nSPS) is 15.0. The molecule has 0 aliphatic heterocycles. The van der Waals surface area contributed by atoms with E-state index in [0.717, 1.165) is 0 Å². The van der Waals surface area contributed by atoms with Crippen LogP contribution in [-0.2, 0) is 19.2 Å². The fourth-order valence-corrected chi connectivity index (χ4v) is 2.05. The number of carbonyl (C=O) groups is 4. The van der Waals surface area contributed by atoms with Crippen molar-refractivity contribution in [1.82, 2.24) is 16.0 Å². The first-order valence-corrected chi connectivity index (χ1v) is 8.63. The minimum absolute atomic E-state index is 0.154. The Balaban J connectivity index is 5.08. The molecule has 13 nitrogen and oxygen atoms in total. The molecule has 28 heavy (non-hydrogen) atoms. The Morgan fingerprint density at radius 1 is 0.750 bits per heavy atom. The van der Waals surface area contributed by atoms with Crippen LogP contribution >= 0.6 is 0 Å². The van der Waals surface area contributed by atoms with Gasteiger partial charge in [-0.3, -0.25) is 14.4 Å². The van der Waals surface area contributed by atoms with Gasteiger partial charge in [0.05, 0.1) is 19.8 Å². The van der Waals surface area contributed by atoms with Crippen LogP contribution in [0.4, 0.5) is 0 Å². The molecule has 0 fully saturated rings. The third-order valence-electron chi connectivity index (χ3n) is 3.73. The molecule has 0 aromatic rings. The van der Waals surface area contributed by atoms with Crippen molar-refractivity contribution >= 4 is 23.7 Å². The van der Waals surface area contributed by atoms with E-state index in [1.807, 2.05) is 5.32 Å². The molecule has 0 spiro atoms. The highest BCUT2D eigenvalue weighted by Gasteiger charge is 2.29. The van der Waals surface area contributed by atoms with Crippen molar-refractivity contribution in [3.8, 4) is 0 Å². The summed E-state index contributed by atoms with van der Waals surface area (Å²) in [5.74, 6) is -4.13. The lowest BCUT2D eigenvalue weighted by molar-refractivity contribution is -0.143. The van der Waals surface area contributed by atoms with Crippen molar-refractivity contribution in [2.75, 3.05) is 26.4 Å². The van der Waals surface area contributed by atoms with Crippen LogP contribution in [-0.4, -0.2) is 94.6 Å². The van der Waals surface area contributed by atoms with Gasteiger partial charge >= 0.3 is 5.97 Å². The van der Waals surface area contributed by atoms with Crippen molar-refractivity contribution < 1.29 is 39.6 Å². The average Bonchev–Trinajstić information content (AvgIpc) is 2.67. The molecule has 0 aliphatic rings. The third-order valence-corrected chi connectivity index (χ3v) is 3.73. The Bertz CT molecular complexity index is 533. The van der Waals surface area contributed by atoms with Gasteiger partial charge in [-0.25, -0.2) is 4.79 Å². The summed E-state index contributed by atoms with van der Waals surface area (Å²) in [4.78, 5) is 47.2. The Hall–Kier alpha value is -2.32. The van der Waals surface area contributed by atoms with Gasteiger partial charge in [0.15, 0.2) is 0 Å². The van der Waals surface area contributed by atoms with Gasteiger partial charge in [0.2, 0.25) is 17.7 Å². The molecule has 0 unspecified atom stereocenters. The summed E-state index contributed by atoms with van der Waals surface area (Å²) >= 11 is 0. The number of aliphatic hydroxyl groups excluding tert-OH is 3. The van der Waals surface area contributed by atoms with E-state index in [1.165, 1.54) is 0 Å². The van der Waals surface area contributed by atoms with Crippen molar-refractivity contribution in [1.29, 1.82) is 0 Å². The highest BCUT2D eigenvalue weighted by Crippen LogP contribution is 2.02. The van der Waals surface area contributed by atoms with Gasteiger partial charge in [0.1, 0.15) is 24.2 Å². The second kappa shape index (κ2) is 13.8. The van der Waals surface area contributed by atoms with Crippen LogP contribution < -0.4 is 27.4 Å². The van der Waals surface area contributed by atoms with E-state index in [9.17, 15) is 24.3 Å². The van der Waals surface area contributed by atoms with Gasteiger partial charge in [-0.15, -0.1) is 0 Å². The molecule has 0 radical (unpaired) electrons. The molecule has 0 saturated heterocycles. The monoisotopic (exact) mass is 407 g/mol. The van der Waals surface area contributed by atoms with E-state index in [-0.39, 0.29) is 6.42 Å². The second-order valence-corrected chi connectivity index (χ2v) is 5.96. The van der Waals surface area contributed by atoms with E-state index in [1.54, 1.807) is 0 Å². The summed E-state index contributed by atoms with van der Waals surface area (Å²) in [5, 5.41) is 42.5. The van der Waals surface area contributed by atoms with E-state index in [0.29, 0.717) is 19.4 Å². The van der Waals surface area contributed by atoms with E-state index in [2.05, 4.69) is 10.6 Å². The zero-order valence-electron chi connectivity index (χ0n) is 15.3. The maximum atomic E-state index is 12.4. The zero-order chi connectivity index (χ0) is 21.7. The van der Waals surface area contributed by atoms with Crippen molar-refractivity contribution in [2.45, 2.75) is 43.4 Å². The lowest BCUT2D eigenvalue weighted by Gasteiger charge is -2.23. The molecule has 0 aromatic carbocycles. The van der Waals surface area contributed by atoms with Crippen LogP contribution in [0, 0.1) is 0 Å². The molecule has 0 aromatic heterocycles. The van der Waals surface area contributed by atoms with Gasteiger partial charge in [-0.1, -0.05) is 0 Å². The quantitative estimate of drug-likeness (QED) is 0.124. The lowest BCUT2D eigenvalue weighted by atomic mass is 10.1. The summed E-state index contributed by atoms with van der Waals surface area (Å²) in [7, 11) is 0. The number of nitrogens with two attached hydrogens (primary N) is 2. The van der Waals surface area contributed by atoms with Gasteiger partial charge in [-0.2, -0.15) is 0 Å². The molecule has 4 atom stereocenters. The Morgan fingerprint density at radius 2 is 1.25 bits per heavy atom. The predicted octanol–water partition coefficient (Wildman–Crippen LogP) is -5.04. The molecule has 0 heterocycles.